The van der Waals surface area contributed by atoms with Crippen LogP contribution < -0.4 is 0 Å². The summed E-state index contributed by atoms with van der Waals surface area (Å²) in [6.07, 6.45) is 7.99. The van der Waals surface area contributed by atoms with Gasteiger partial charge >= 0.3 is 11.9 Å². The van der Waals surface area contributed by atoms with Crippen LogP contribution in [0, 0.1) is 11.8 Å². The van der Waals surface area contributed by atoms with Crippen LogP contribution >= 0.6 is 0 Å². The Hall–Kier alpha value is -4.06. The minimum absolute atomic E-state index is 0.0360. The molecule has 0 saturated carbocycles. The lowest BCUT2D eigenvalue weighted by Crippen LogP contribution is -2.29. The zero-order chi connectivity index (χ0) is 26.7. The highest BCUT2D eigenvalue weighted by Crippen LogP contribution is 2.46. The number of esters is 2. The first kappa shape index (κ1) is 27.0. The molecule has 6 heteroatoms. The lowest BCUT2D eigenvalue weighted by atomic mass is 9.75. The molecule has 38 heavy (non-hydrogen) atoms. The Bertz CT molecular complexity index is 1130. The fourth-order valence-electron chi connectivity index (χ4n) is 4.75. The van der Waals surface area contributed by atoms with E-state index in [0.29, 0.717) is 35.9 Å². The van der Waals surface area contributed by atoms with Gasteiger partial charge in [0.15, 0.2) is 0 Å². The van der Waals surface area contributed by atoms with Crippen molar-refractivity contribution in [2.24, 2.45) is 11.8 Å². The highest BCUT2D eigenvalue weighted by molar-refractivity contribution is 5.79. The number of hydrogen-bond acceptors (Lipinski definition) is 6. The molecule has 0 heterocycles. The van der Waals surface area contributed by atoms with E-state index in [9.17, 15) is 9.59 Å². The van der Waals surface area contributed by atoms with Crippen molar-refractivity contribution in [1.82, 2.24) is 0 Å². The summed E-state index contributed by atoms with van der Waals surface area (Å²) in [7, 11) is 0. The summed E-state index contributed by atoms with van der Waals surface area (Å²) < 4.78 is 23.5. The van der Waals surface area contributed by atoms with Gasteiger partial charge in [-0.25, -0.2) is 0 Å². The van der Waals surface area contributed by atoms with E-state index >= 15 is 0 Å². The third-order valence-corrected chi connectivity index (χ3v) is 6.43. The molecule has 0 aliphatic heterocycles. The maximum Gasteiger partial charge on any atom is 0.310 e. The lowest BCUT2D eigenvalue weighted by molar-refractivity contribution is -0.143. The number of allylic oxidation sites excluding steroid dienone is 4. The topological polar surface area (TPSA) is 71.1 Å². The first-order valence-electron chi connectivity index (χ1n) is 13.1. The van der Waals surface area contributed by atoms with Gasteiger partial charge in [0, 0.05) is 23.0 Å². The van der Waals surface area contributed by atoms with Gasteiger partial charge in [0.2, 0.25) is 0 Å². The van der Waals surface area contributed by atoms with Crippen LogP contribution in [-0.2, 0) is 41.8 Å². The molecule has 2 atom stereocenters. The van der Waals surface area contributed by atoms with Gasteiger partial charge in [0.1, 0.15) is 24.7 Å². The summed E-state index contributed by atoms with van der Waals surface area (Å²) in [5.74, 6) is 0.147. The Morgan fingerprint density at radius 3 is 1.39 bits per heavy atom. The first-order valence-corrected chi connectivity index (χ1v) is 13.1. The zero-order valence-electron chi connectivity index (χ0n) is 21.9. The minimum atomic E-state index is -0.388. The average molecular weight is 515 g/mol. The molecule has 4 rings (SSSR count). The predicted molar refractivity (Wildman–Crippen MR) is 144 cm³/mol. The maximum absolute atomic E-state index is 12.8. The van der Waals surface area contributed by atoms with Crippen molar-refractivity contribution in [3.63, 3.8) is 0 Å². The van der Waals surface area contributed by atoms with E-state index in [1.807, 2.05) is 72.8 Å². The third-order valence-electron chi connectivity index (χ3n) is 6.43. The standard InChI is InChI=1S/C32H34O6/c1-3-35-29(33)19-27-28(20-30(34)36-4-2)32(38-22-24-15-9-6-10-16-24)26-18-12-11-17-25(26)31(27)37-21-23-13-7-5-8-14-23/h5-18,25-26H,3-4,19-22H2,1-2H3. The average Bonchev–Trinajstić information content (AvgIpc) is 2.94. The molecule has 6 nitrogen and oxygen atoms in total. The number of benzene rings is 2. The van der Waals surface area contributed by atoms with E-state index in [0.717, 1.165) is 11.1 Å². The van der Waals surface area contributed by atoms with Crippen LogP contribution in [0.5, 0.6) is 0 Å². The van der Waals surface area contributed by atoms with Crippen LogP contribution in [-0.4, -0.2) is 25.2 Å². The molecular formula is C32H34O6. The molecule has 0 bridgehead atoms. The predicted octanol–water partition coefficient (Wildman–Crippen LogP) is 6.21. The van der Waals surface area contributed by atoms with E-state index in [1.165, 1.54) is 0 Å². The number of carbonyl (C=O) groups excluding carboxylic acids is 2. The smallest absolute Gasteiger partial charge is 0.310 e. The molecule has 198 valence electrons. The Morgan fingerprint density at radius 1 is 0.632 bits per heavy atom. The molecule has 0 radical (unpaired) electrons. The van der Waals surface area contributed by atoms with E-state index in [-0.39, 0.29) is 49.8 Å². The summed E-state index contributed by atoms with van der Waals surface area (Å²) >= 11 is 0. The third kappa shape index (κ3) is 6.82. The van der Waals surface area contributed by atoms with Gasteiger partial charge < -0.3 is 18.9 Å². The Labute approximate surface area is 224 Å². The van der Waals surface area contributed by atoms with E-state index < -0.39 is 0 Å². The van der Waals surface area contributed by atoms with E-state index in [4.69, 9.17) is 18.9 Å². The second-order valence-corrected chi connectivity index (χ2v) is 9.02. The van der Waals surface area contributed by atoms with Crippen LogP contribution in [0.4, 0.5) is 0 Å². The highest BCUT2D eigenvalue weighted by atomic mass is 16.5. The molecule has 0 aromatic heterocycles. The number of hydrogen-bond donors (Lipinski definition) is 0. The van der Waals surface area contributed by atoms with Crippen LogP contribution in [0.3, 0.4) is 0 Å². The van der Waals surface area contributed by atoms with Crippen molar-refractivity contribution >= 4 is 11.9 Å². The van der Waals surface area contributed by atoms with Crippen LogP contribution in [0.25, 0.3) is 0 Å². The van der Waals surface area contributed by atoms with Gasteiger partial charge in [-0.3, -0.25) is 9.59 Å². The van der Waals surface area contributed by atoms with E-state index in [1.54, 1.807) is 13.8 Å². The number of carbonyl (C=O) groups is 2. The minimum Gasteiger partial charge on any atom is -0.492 e. The largest absolute Gasteiger partial charge is 0.492 e. The molecule has 2 aliphatic carbocycles. The number of fused-ring (bicyclic) bond motifs is 1. The van der Waals surface area contributed by atoms with Crippen molar-refractivity contribution < 1.29 is 28.5 Å². The van der Waals surface area contributed by atoms with Crippen molar-refractivity contribution in [2.45, 2.75) is 39.9 Å². The Kier molecular flexibility index (Phi) is 9.57. The molecule has 2 unspecified atom stereocenters. The summed E-state index contributed by atoms with van der Waals surface area (Å²) in [5.41, 5.74) is 3.25. The summed E-state index contributed by atoms with van der Waals surface area (Å²) in [6.45, 7) is 4.72. The molecule has 2 aliphatic rings. The van der Waals surface area contributed by atoms with Crippen molar-refractivity contribution in [3.05, 3.63) is 119 Å². The van der Waals surface area contributed by atoms with Crippen molar-refractivity contribution in [3.8, 4) is 0 Å². The zero-order valence-corrected chi connectivity index (χ0v) is 21.9. The van der Waals surface area contributed by atoms with Gasteiger partial charge in [0.05, 0.1) is 26.1 Å². The normalized spacial score (nSPS) is 18.2. The molecule has 0 fully saturated rings. The molecule has 0 amide bonds. The molecule has 0 N–H and O–H groups in total. The van der Waals surface area contributed by atoms with Gasteiger partial charge in [0.25, 0.3) is 0 Å². The maximum atomic E-state index is 12.8. The number of rotatable bonds is 12. The van der Waals surface area contributed by atoms with Crippen LogP contribution in [0.1, 0.15) is 37.8 Å². The van der Waals surface area contributed by atoms with Gasteiger partial charge in [-0.15, -0.1) is 0 Å². The Balaban J connectivity index is 1.80. The van der Waals surface area contributed by atoms with Crippen LogP contribution in [0.2, 0.25) is 0 Å². The molecule has 0 spiro atoms. The molecular weight excluding hydrogens is 480 g/mol. The summed E-state index contributed by atoms with van der Waals surface area (Å²) in [4.78, 5) is 25.6. The van der Waals surface area contributed by atoms with E-state index in [2.05, 4.69) is 12.2 Å². The van der Waals surface area contributed by atoms with Crippen LogP contribution in [0.15, 0.2) is 108 Å². The molecule has 2 aromatic carbocycles. The van der Waals surface area contributed by atoms with Gasteiger partial charge in [-0.2, -0.15) is 0 Å². The fourth-order valence-corrected chi connectivity index (χ4v) is 4.75. The fraction of sp³-hybridized carbons (Fsp3) is 0.312. The monoisotopic (exact) mass is 514 g/mol. The quantitative estimate of drug-likeness (QED) is 0.314. The van der Waals surface area contributed by atoms with Gasteiger partial charge in [-0.1, -0.05) is 85.0 Å². The second kappa shape index (κ2) is 13.5. The summed E-state index contributed by atoms with van der Waals surface area (Å²) in [5, 5.41) is 0. The first-order chi connectivity index (χ1) is 18.6. The van der Waals surface area contributed by atoms with Crippen molar-refractivity contribution in [2.75, 3.05) is 13.2 Å². The number of ether oxygens (including phenoxy) is 4. The Morgan fingerprint density at radius 2 is 1.03 bits per heavy atom. The SMILES string of the molecule is CCOC(=O)CC1=C(OCc2ccccc2)C2C=CC=CC2C(OCc2ccccc2)=C1CC(=O)OCC. The molecule has 0 saturated heterocycles. The highest BCUT2D eigenvalue weighted by Gasteiger charge is 2.39. The lowest BCUT2D eigenvalue weighted by Gasteiger charge is -2.36. The van der Waals surface area contributed by atoms with Gasteiger partial charge in [-0.05, 0) is 25.0 Å². The second-order valence-electron chi connectivity index (χ2n) is 9.02. The molecule has 2 aromatic rings. The van der Waals surface area contributed by atoms with Crippen molar-refractivity contribution in [1.29, 1.82) is 0 Å². The summed E-state index contributed by atoms with van der Waals surface area (Å²) in [6, 6.07) is 19.7.